The van der Waals surface area contributed by atoms with E-state index in [1.165, 1.54) is 69.9 Å². The Hall–Kier alpha value is -0.300. The number of rotatable bonds is 7. The van der Waals surface area contributed by atoms with Gasteiger partial charge in [0, 0.05) is 12.6 Å². The van der Waals surface area contributed by atoms with Crippen LogP contribution in [-0.4, -0.2) is 24.5 Å². The summed E-state index contributed by atoms with van der Waals surface area (Å²) in [6.45, 7) is 12.8. The summed E-state index contributed by atoms with van der Waals surface area (Å²) in [6.07, 6.45) is 12.5. The first-order chi connectivity index (χ1) is 10.6. The highest BCUT2D eigenvalue weighted by Crippen LogP contribution is 2.39. The van der Waals surface area contributed by atoms with E-state index < -0.39 is 0 Å². The van der Waals surface area contributed by atoms with E-state index in [0.717, 1.165) is 29.7 Å². The topological polar surface area (TPSA) is 3.24 Å². The summed E-state index contributed by atoms with van der Waals surface area (Å²) >= 11 is 0. The van der Waals surface area contributed by atoms with Gasteiger partial charge < -0.3 is 4.90 Å². The summed E-state index contributed by atoms with van der Waals surface area (Å²) in [4.78, 5) is 2.73. The third kappa shape index (κ3) is 4.37. The molecule has 128 valence electrons. The quantitative estimate of drug-likeness (QED) is 0.529. The molecule has 2 fully saturated rings. The smallest absolute Gasteiger partial charge is 0.0118 e. The molecule has 0 spiro atoms. The van der Waals surface area contributed by atoms with Gasteiger partial charge in [0.05, 0.1) is 0 Å². The SMILES string of the molecule is C=C(CC)C1CCCC(C(CC)N(C)CC2CCCC2C)C1. The Balaban J connectivity index is 1.92. The predicted molar refractivity (Wildman–Crippen MR) is 98.1 cm³/mol. The van der Waals surface area contributed by atoms with Gasteiger partial charge in [0.1, 0.15) is 0 Å². The van der Waals surface area contributed by atoms with Crippen LogP contribution in [0.5, 0.6) is 0 Å². The molecule has 5 atom stereocenters. The lowest BCUT2D eigenvalue weighted by Gasteiger charge is -2.40. The van der Waals surface area contributed by atoms with Crippen molar-refractivity contribution in [3.8, 4) is 0 Å². The van der Waals surface area contributed by atoms with Crippen molar-refractivity contribution in [1.29, 1.82) is 0 Å². The number of allylic oxidation sites excluding steroid dienone is 1. The van der Waals surface area contributed by atoms with Crippen molar-refractivity contribution >= 4 is 0 Å². The van der Waals surface area contributed by atoms with E-state index in [4.69, 9.17) is 0 Å². The minimum Gasteiger partial charge on any atom is -0.303 e. The number of nitrogens with zero attached hydrogens (tertiary/aromatic N) is 1. The number of hydrogen-bond donors (Lipinski definition) is 0. The molecule has 22 heavy (non-hydrogen) atoms. The maximum atomic E-state index is 4.34. The van der Waals surface area contributed by atoms with E-state index in [2.05, 4.69) is 39.3 Å². The minimum absolute atomic E-state index is 0.792. The van der Waals surface area contributed by atoms with Crippen LogP contribution in [0.15, 0.2) is 12.2 Å². The normalized spacial score (nSPS) is 34.0. The third-order valence-electron chi connectivity index (χ3n) is 6.84. The largest absolute Gasteiger partial charge is 0.303 e. The maximum Gasteiger partial charge on any atom is 0.0118 e. The Morgan fingerprint density at radius 3 is 2.45 bits per heavy atom. The van der Waals surface area contributed by atoms with E-state index >= 15 is 0 Å². The average molecular weight is 306 g/mol. The van der Waals surface area contributed by atoms with Crippen molar-refractivity contribution in [3.05, 3.63) is 12.2 Å². The molecule has 0 N–H and O–H groups in total. The lowest BCUT2D eigenvalue weighted by Crippen LogP contribution is -2.42. The van der Waals surface area contributed by atoms with Crippen LogP contribution in [0.25, 0.3) is 0 Å². The summed E-state index contributed by atoms with van der Waals surface area (Å²) < 4.78 is 0. The van der Waals surface area contributed by atoms with Crippen molar-refractivity contribution < 1.29 is 0 Å². The van der Waals surface area contributed by atoms with Gasteiger partial charge in [-0.05, 0) is 69.2 Å². The highest BCUT2D eigenvalue weighted by Gasteiger charge is 2.32. The van der Waals surface area contributed by atoms with Gasteiger partial charge in [-0.25, -0.2) is 0 Å². The molecule has 0 saturated heterocycles. The fraction of sp³-hybridized carbons (Fsp3) is 0.905. The second-order valence-corrected chi connectivity index (χ2v) is 8.22. The molecule has 5 unspecified atom stereocenters. The molecule has 2 aliphatic rings. The van der Waals surface area contributed by atoms with Gasteiger partial charge in [-0.2, -0.15) is 0 Å². The van der Waals surface area contributed by atoms with Crippen LogP contribution in [-0.2, 0) is 0 Å². The lowest BCUT2D eigenvalue weighted by molar-refractivity contribution is 0.104. The Bertz CT molecular complexity index is 348. The molecule has 0 heterocycles. The van der Waals surface area contributed by atoms with E-state index in [1.807, 2.05) is 0 Å². The first-order valence-corrected chi connectivity index (χ1v) is 9.94. The minimum atomic E-state index is 0.792. The molecule has 1 nitrogen and oxygen atoms in total. The monoisotopic (exact) mass is 305 g/mol. The van der Waals surface area contributed by atoms with E-state index in [-0.39, 0.29) is 0 Å². The Labute approximate surface area is 139 Å². The average Bonchev–Trinajstić information content (AvgIpc) is 2.92. The van der Waals surface area contributed by atoms with Crippen molar-refractivity contribution in [2.45, 2.75) is 84.6 Å². The van der Waals surface area contributed by atoms with E-state index in [0.29, 0.717) is 0 Å². The standard InChI is InChI=1S/C21H39N/c1-6-16(3)18-11-9-12-19(14-18)21(7-2)22(5)15-20-13-8-10-17(20)4/h17-21H,3,6-15H2,1-2,4-5H3. The van der Waals surface area contributed by atoms with Crippen LogP contribution in [0.4, 0.5) is 0 Å². The van der Waals surface area contributed by atoms with Gasteiger partial charge in [-0.15, -0.1) is 0 Å². The fourth-order valence-electron chi connectivity index (χ4n) is 5.24. The predicted octanol–water partition coefficient (Wildman–Crippen LogP) is 5.91. The zero-order valence-corrected chi connectivity index (χ0v) is 15.6. The molecule has 0 bridgehead atoms. The van der Waals surface area contributed by atoms with Crippen LogP contribution in [0, 0.1) is 23.7 Å². The van der Waals surface area contributed by atoms with Crippen molar-refractivity contribution in [1.82, 2.24) is 4.90 Å². The first kappa shape index (κ1) is 18.0. The molecule has 2 rings (SSSR count). The second kappa shape index (κ2) is 8.52. The zero-order valence-electron chi connectivity index (χ0n) is 15.6. The van der Waals surface area contributed by atoms with Crippen molar-refractivity contribution in [2.24, 2.45) is 23.7 Å². The Morgan fingerprint density at radius 2 is 1.86 bits per heavy atom. The van der Waals surface area contributed by atoms with Gasteiger partial charge >= 0.3 is 0 Å². The second-order valence-electron chi connectivity index (χ2n) is 8.22. The van der Waals surface area contributed by atoms with Gasteiger partial charge in [0.25, 0.3) is 0 Å². The summed E-state index contributed by atoms with van der Waals surface area (Å²) in [5, 5.41) is 0. The van der Waals surface area contributed by atoms with Crippen LogP contribution in [0.3, 0.4) is 0 Å². The van der Waals surface area contributed by atoms with Crippen LogP contribution < -0.4 is 0 Å². The van der Waals surface area contributed by atoms with E-state index in [1.54, 1.807) is 0 Å². The highest BCUT2D eigenvalue weighted by molar-refractivity contribution is 5.02. The Morgan fingerprint density at radius 1 is 1.14 bits per heavy atom. The molecular weight excluding hydrogens is 266 g/mol. The zero-order chi connectivity index (χ0) is 16.1. The van der Waals surface area contributed by atoms with Crippen molar-refractivity contribution in [2.75, 3.05) is 13.6 Å². The lowest BCUT2D eigenvalue weighted by atomic mass is 9.73. The fourth-order valence-corrected chi connectivity index (χ4v) is 5.24. The molecule has 0 aliphatic heterocycles. The first-order valence-electron chi connectivity index (χ1n) is 9.94. The van der Waals surface area contributed by atoms with Gasteiger partial charge in [0.2, 0.25) is 0 Å². The molecule has 2 aliphatic carbocycles. The molecule has 0 aromatic carbocycles. The summed E-state index contributed by atoms with van der Waals surface area (Å²) in [6, 6.07) is 0.792. The molecule has 1 heteroatoms. The van der Waals surface area contributed by atoms with Crippen LogP contribution in [0.1, 0.15) is 78.6 Å². The molecular formula is C21H39N. The molecule has 2 saturated carbocycles. The van der Waals surface area contributed by atoms with Gasteiger partial charge in [-0.3, -0.25) is 0 Å². The molecule has 0 aromatic rings. The van der Waals surface area contributed by atoms with Crippen molar-refractivity contribution in [3.63, 3.8) is 0 Å². The maximum absolute atomic E-state index is 4.34. The molecule has 0 amide bonds. The van der Waals surface area contributed by atoms with Gasteiger partial charge in [0.15, 0.2) is 0 Å². The Kier molecular flexibility index (Phi) is 6.99. The summed E-state index contributed by atoms with van der Waals surface area (Å²) in [5.41, 5.74) is 1.51. The molecule has 0 radical (unpaired) electrons. The summed E-state index contributed by atoms with van der Waals surface area (Å²) in [7, 11) is 2.40. The molecule has 0 aromatic heterocycles. The van der Waals surface area contributed by atoms with Gasteiger partial charge in [-0.1, -0.05) is 52.2 Å². The summed E-state index contributed by atoms with van der Waals surface area (Å²) in [5.74, 6) is 3.59. The number of hydrogen-bond acceptors (Lipinski definition) is 1. The van der Waals surface area contributed by atoms with E-state index in [9.17, 15) is 0 Å². The van der Waals surface area contributed by atoms with Crippen LogP contribution >= 0.6 is 0 Å². The van der Waals surface area contributed by atoms with Crippen LogP contribution in [0.2, 0.25) is 0 Å². The third-order valence-corrected chi connectivity index (χ3v) is 6.84. The highest BCUT2D eigenvalue weighted by atomic mass is 15.1.